The number of hydrogen-bond donors (Lipinski definition) is 1. The molecule has 0 radical (unpaired) electrons. The summed E-state index contributed by atoms with van der Waals surface area (Å²) in [5, 5.41) is 0.637. The van der Waals surface area contributed by atoms with Crippen molar-refractivity contribution in [1.29, 1.82) is 0 Å². The molecule has 88 valence electrons. The number of halogens is 1. The van der Waals surface area contributed by atoms with Gasteiger partial charge in [0, 0.05) is 22.8 Å². The molecule has 0 amide bonds. The zero-order valence-electron chi connectivity index (χ0n) is 9.37. The molecule has 0 unspecified atom stereocenters. The number of aromatic nitrogens is 1. The Morgan fingerprint density at radius 2 is 2.06 bits per heavy atom. The van der Waals surface area contributed by atoms with Crippen LogP contribution in [0.4, 0.5) is 0 Å². The third-order valence-corrected chi connectivity index (χ3v) is 2.80. The zero-order chi connectivity index (χ0) is 12.3. The van der Waals surface area contributed by atoms with Crippen molar-refractivity contribution in [1.82, 2.24) is 4.98 Å². The molecule has 0 saturated heterocycles. The van der Waals surface area contributed by atoms with Gasteiger partial charge < -0.3 is 9.72 Å². The van der Waals surface area contributed by atoms with Crippen LogP contribution in [0.25, 0.3) is 0 Å². The molecule has 3 nitrogen and oxygen atoms in total. The van der Waals surface area contributed by atoms with Gasteiger partial charge in [-0.05, 0) is 13.0 Å². The molecule has 1 aromatic carbocycles. The molecule has 2 rings (SSSR count). The summed E-state index contributed by atoms with van der Waals surface area (Å²) >= 11 is 6.00. The van der Waals surface area contributed by atoms with Gasteiger partial charge in [0.05, 0.1) is 5.69 Å². The van der Waals surface area contributed by atoms with Crippen molar-refractivity contribution in [2.45, 2.75) is 13.5 Å². The Morgan fingerprint density at radius 1 is 1.29 bits per heavy atom. The Hall–Kier alpha value is -1.74. The van der Waals surface area contributed by atoms with Crippen LogP contribution < -0.4 is 10.2 Å². The maximum absolute atomic E-state index is 11.6. The lowest BCUT2D eigenvalue weighted by Gasteiger charge is -2.08. The summed E-state index contributed by atoms with van der Waals surface area (Å²) in [6.45, 7) is 2.08. The summed E-state index contributed by atoms with van der Waals surface area (Å²) in [6, 6.07) is 8.84. The number of hydrogen-bond acceptors (Lipinski definition) is 2. The molecule has 2 aromatic rings. The van der Waals surface area contributed by atoms with Crippen LogP contribution in [-0.2, 0) is 6.61 Å². The van der Waals surface area contributed by atoms with E-state index in [0.29, 0.717) is 16.5 Å². The first-order chi connectivity index (χ1) is 8.18. The molecule has 1 N–H and O–H groups in total. The van der Waals surface area contributed by atoms with E-state index in [9.17, 15) is 4.79 Å². The molecule has 0 aliphatic carbocycles. The first-order valence-corrected chi connectivity index (χ1v) is 5.61. The van der Waals surface area contributed by atoms with Crippen molar-refractivity contribution in [3.63, 3.8) is 0 Å². The number of ether oxygens (including phenoxy) is 1. The minimum atomic E-state index is -0.131. The molecular formula is C13H12ClNO2. The first-order valence-electron chi connectivity index (χ1n) is 5.23. The van der Waals surface area contributed by atoms with Crippen LogP contribution in [0.5, 0.6) is 5.75 Å². The minimum absolute atomic E-state index is 0.131. The summed E-state index contributed by atoms with van der Waals surface area (Å²) in [5.41, 5.74) is 1.44. The van der Waals surface area contributed by atoms with E-state index >= 15 is 0 Å². The van der Waals surface area contributed by atoms with E-state index in [1.54, 1.807) is 19.2 Å². The molecule has 0 spiro atoms. The minimum Gasteiger partial charge on any atom is -0.483 e. The lowest BCUT2D eigenvalue weighted by molar-refractivity contribution is 0.299. The van der Waals surface area contributed by atoms with E-state index in [4.69, 9.17) is 16.3 Å². The summed E-state index contributed by atoms with van der Waals surface area (Å²) in [4.78, 5) is 14.5. The Bertz CT molecular complexity index is 578. The van der Waals surface area contributed by atoms with E-state index in [0.717, 1.165) is 5.56 Å². The Balaban J connectivity index is 2.19. The molecule has 4 heteroatoms. The second-order valence-corrected chi connectivity index (χ2v) is 4.08. The highest BCUT2D eigenvalue weighted by molar-refractivity contribution is 6.31. The second kappa shape index (κ2) is 5.06. The van der Waals surface area contributed by atoms with Crippen molar-refractivity contribution >= 4 is 11.6 Å². The van der Waals surface area contributed by atoms with Gasteiger partial charge in [-0.3, -0.25) is 4.79 Å². The number of benzene rings is 1. The Morgan fingerprint density at radius 3 is 2.76 bits per heavy atom. The van der Waals surface area contributed by atoms with Gasteiger partial charge in [0.25, 0.3) is 0 Å². The molecule has 17 heavy (non-hydrogen) atoms. The maximum atomic E-state index is 11.6. The van der Waals surface area contributed by atoms with Crippen molar-refractivity contribution in [3.05, 3.63) is 63.0 Å². The number of rotatable bonds is 3. The van der Waals surface area contributed by atoms with E-state index in [2.05, 4.69) is 4.98 Å². The van der Waals surface area contributed by atoms with Gasteiger partial charge in [-0.25, -0.2) is 0 Å². The zero-order valence-corrected chi connectivity index (χ0v) is 10.1. The van der Waals surface area contributed by atoms with Gasteiger partial charge in [0.15, 0.2) is 5.75 Å². The molecule has 0 aliphatic heterocycles. The Kier molecular flexibility index (Phi) is 3.49. The molecule has 0 fully saturated rings. The van der Waals surface area contributed by atoms with E-state index in [1.165, 1.54) is 6.07 Å². The molecule has 1 heterocycles. The predicted molar refractivity (Wildman–Crippen MR) is 67.6 cm³/mol. The number of nitrogens with one attached hydrogen (secondary N) is 1. The number of pyridine rings is 1. The van der Waals surface area contributed by atoms with E-state index < -0.39 is 0 Å². The van der Waals surface area contributed by atoms with Crippen LogP contribution in [0.2, 0.25) is 5.02 Å². The Labute approximate surface area is 104 Å². The molecule has 0 bridgehead atoms. The van der Waals surface area contributed by atoms with Crippen molar-refractivity contribution in [2.24, 2.45) is 0 Å². The number of aromatic amines is 1. The topological polar surface area (TPSA) is 42.1 Å². The highest BCUT2D eigenvalue weighted by Crippen LogP contribution is 2.17. The van der Waals surface area contributed by atoms with Crippen molar-refractivity contribution in [2.75, 3.05) is 0 Å². The second-order valence-electron chi connectivity index (χ2n) is 3.68. The average molecular weight is 250 g/mol. The predicted octanol–water partition coefficient (Wildman–Crippen LogP) is 2.92. The monoisotopic (exact) mass is 249 g/mol. The van der Waals surface area contributed by atoms with Gasteiger partial charge in [0.1, 0.15) is 6.61 Å². The van der Waals surface area contributed by atoms with Crippen LogP contribution in [0.3, 0.4) is 0 Å². The highest BCUT2D eigenvalue weighted by Gasteiger charge is 2.06. The summed E-state index contributed by atoms with van der Waals surface area (Å²) in [6.07, 6.45) is 1.60. The van der Waals surface area contributed by atoms with Gasteiger partial charge in [-0.15, -0.1) is 0 Å². The van der Waals surface area contributed by atoms with Gasteiger partial charge >= 0.3 is 0 Å². The van der Waals surface area contributed by atoms with Crippen LogP contribution in [0, 0.1) is 6.92 Å². The average Bonchev–Trinajstić information content (AvgIpc) is 2.30. The normalized spacial score (nSPS) is 10.2. The van der Waals surface area contributed by atoms with Gasteiger partial charge in [-0.1, -0.05) is 29.8 Å². The molecule has 0 saturated carbocycles. The van der Waals surface area contributed by atoms with Crippen LogP contribution in [0.1, 0.15) is 11.3 Å². The fraction of sp³-hybridized carbons (Fsp3) is 0.154. The van der Waals surface area contributed by atoms with Crippen LogP contribution in [-0.4, -0.2) is 4.98 Å². The van der Waals surface area contributed by atoms with Crippen LogP contribution >= 0.6 is 11.6 Å². The van der Waals surface area contributed by atoms with Gasteiger partial charge in [-0.2, -0.15) is 0 Å². The maximum Gasteiger partial charge on any atom is 0.223 e. The van der Waals surface area contributed by atoms with Crippen molar-refractivity contribution < 1.29 is 4.74 Å². The first kappa shape index (κ1) is 11.7. The molecule has 0 atom stereocenters. The smallest absolute Gasteiger partial charge is 0.223 e. The fourth-order valence-corrected chi connectivity index (χ4v) is 1.70. The molecule has 0 aliphatic rings. The molecule has 1 aromatic heterocycles. The van der Waals surface area contributed by atoms with Gasteiger partial charge in [0.2, 0.25) is 5.43 Å². The fourth-order valence-electron chi connectivity index (χ4n) is 1.51. The summed E-state index contributed by atoms with van der Waals surface area (Å²) in [7, 11) is 0. The van der Waals surface area contributed by atoms with Crippen LogP contribution in [0.15, 0.2) is 41.3 Å². The third-order valence-electron chi connectivity index (χ3n) is 2.43. The van der Waals surface area contributed by atoms with Crippen molar-refractivity contribution in [3.8, 4) is 5.75 Å². The third kappa shape index (κ3) is 2.68. The largest absolute Gasteiger partial charge is 0.483 e. The standard InChI is InChI=1S/C13H12ClNO2/c1-9-13(12(16)6-7-15-9)17-8-10-4-2-3-5-11(10)14/h2-7H,8H2,1H3,(H,15,16). The lowest BCUT2D eigenvalue weighted by Crippen LogP contribution is -2.09. The quantitative estimate of drug-likeness (QED) is 0.909. The summed E-state index contributed by atoms with van der Waals surface area (Å²) in [5.74, 6) is 0.340. The SMILES string of the molecule is Cc1[nH]ccc(=O)c1OCc1ccccc1Cl. The number of aryl methyl sites for hydroxylation is 1. The number of H-pyrrole nitrogens is 1. The molecular weight excluding hydrogens is 238 g/mol. The summed E-state index contributed by atoms with van der Waals surface area (Å²) < 4.78 is 5.51. The van der Waals surface area contributed by atoms with E-state index in [1.807, 2.05) is 18.2 Å². The highest BCUT2D eigenvalue weighted by atomic mass is 35.5. The lowest BCUT2D eigenvalue weighted by atomic mass is 10.2. The van der Waals surface area contributed by atoms with E-state index in [-0.39, 0.29) is 12.0 Å².